The summed E-state index contributed by atoms with van der Waals surface area (Å²) in [5.74, 6) is -0.882. The van der Waals surface area contributed by atoms with Crippen LogP contribution in [0.15, 0.2) is 60.7 Å². The molecule has 1 aliphatic rings. The maximum atomic E-state index is 13.4. The van der Waals surface area contributed by atoms with E-state index < -0.39 is 27.1 Å². The number of carbonyl (C=O) groups excluding carboxylic acids is 1. The lowest BCUT2D eigenvalue weighted by atomic mass is 9.97. The Morgan fingerprint density at radius 3 is 2.35 bits per heavy atom. The van der Waals surface area contributed by atoms with Crippen LogP contribution in [0.1, 0.15) is 32.6 Å². The van der Waals surface area contributed by atoms with Crippen molar-refractivity contribution in [3.05, 3.63) is 115 Å². The predicted molar refractivity (Wildman–Crippen MR) is 122 cm³/mol. The van der Waals surface area contributed by atoms with Crippen molar-refractivity contribution < 1.29 is 19.0 Å². The Hall–Kier alpha value is -4.18. The smallest absolute Gasteiger partial charge is 0.277 e. The highest BCUT2D eigenvalue weighted by atomic mass is 19.1. The average molecular weight is 464 g/mol. The number of non-ortho nitro benzene ring substituents is 2. The first-order chi connectivity index (χ1) is 16.3. The van der Waals surface area contributed by atoms with Crippen molar-refractivity contribution in [2.45, 2.75) is 26.1 Å². The second-order valence-electron chi connectivity index (χ2n) is 8.13. The number of nitro groups is 2. The van der Waals surface area contributed by atoms with Gasteiger partial charge in [0.1, 0.15) is 5.82 Å². The molecular formula is C24H21FN4O5. The van der Waals surface area contributed by atoms with E-state index in [-0.39, 0.29) is 17.9 Å². The molecule has 174 valence electrons. The number of nitro benzene ring substituents is 2. The van der Waals surface area contributed by atoms with E-state index in [1.807, 2.05) is 24.3 Å². The highest BCUT2D eigenvalue weighted by Crippen LogP contribution is 2.24. The van der Waals surface area contributed by atoms with Crippen molar-refractivity contribution in [2.75, 3.05) is 6.54 Å². The zero-order valence-corrected chi connectivity index (χ0v) is 18.1. The summed E-state index contributed by atoms with van der Waals surface area (Å²) in [5, 5.41) is 24.7. The second-order valence-corrected chi connectivity index (χ2v) is 8.13. The minimum Gasteiger partial charge on any atom is -0.348 e. The number of benzene rings is 3. The number of halogens is 1. The topological polar surface area (TPSA) is 119 Å². The van der Waals surface area contributed by atoms with Crippen molar-refractivity contribution in [1.82, 2.24) is 10.2 Å². The van der Waals surface area contributed by atoms with Gasteiger partial charge in [-0.15, -0.1) is 0 Å². The van der Waals surface area contributed by atoms with Crippen LogP contribution in [-0.4, -0.2) is 27.2 Å². The van der Waals surface area contributed by atoms with Crippen LogP contribution in [0.2, 0.25) is 0 Å². The number of amides is 1. The van der Waals surface area contributed by atoms with Gasteiger partial charge < -0.3 is 5.32 Å². The molecule has 0 bridgehead atoms. The Morgan fingerprint density at radius 2 is 1.68 bits per heavy atom. The lowest BCUT2D eigenvalue weighted by Gasteiger charge is -2.29. The standard InChI is InChI=1S/C24H21FN4O5/c25-21-3-1-2-17(9-21)14-27-7-6-18-8-16(4-5-19(18)15-27)13-26-24(30)20-10-22(28(31)32)12-23(11-20)29(33)34/h1-5,8-12H,6-7,13-15H2,(H,26,30). The van der Waals surface area contributed by atoms with Gasteiger partial charge in [0, 0.05) is 38.3 Å². The van der Waals surface area contributed by atoms with Gasteiger partial charge in [-0.1, -0.05) is 30.3 Å². The van der Waals surface area contributed by atoms with E-state index in [2.05, 4.69) is 10.2 Å². The average Bonchev–Trinajstić information content (AvgIpc) is 2.82. The zero-order chi connectivity index (χ0) is 24.2. The molecule has 10 heteroatoms. The molecule has 0 spiro atoms. The molecule has 3 aromatic rings. The molecule has 0 atom stereocenters. The molecule has 3 aromatic carbocycles. The largest absolute Gasteiger partial charge is 0.348 e. The fourth-order valence-electron chi connectivity index (χ4n) is 4.02. The quantitative estimate of drug-likeness (QED) is 0.415. The minimum absolute atomic E-state index is 0.146. The number of hydrogen-bond acceptors (Lipinski definition) is 6. The number of hydrogen-bond donors (Lipinski definition) is 1. The highest BCUT2D eigenvalue weighted by Gasteiger charge is 2.20. The third-order valence-electron chi connectivity index (χ3n) is 5.70. The maximum absolute atomic E-state index is 13.4. The van der Waals surface area contributed by atoms with Gasteiger partial charge >= 0.3 is 0 Å². The van der Waals surface area contributed by atoms with E-state index in [0.29, 0.717) is 6.54 Å². The predicted octanol–water partition coefficient (Wildman–Crippen LogP) is 4.13. The first-order valence-electron chi connectivity index (χ1n) is 10.6. The normalized spacial score (nSPS) is 13.2. The number of nitrogens with one attached hydrogen (secondary N) is 1. The molecule has 0 radical (unpaired) electrons. The van der Waals surface area contributed by atoms with Crippen LogP contribution in [0.25, 0.3) is 0 Å². The highest BCUT2D eigenvalue weighted by molar-refractivity contribution is 5.95. The molecule has 4 rings (SSSR count). The fourth-order valence-corrected chi connectivity index (χ4v) is 4.02. The van der Waals surface area contributed by atoms with E-state index >= 15 is 0 Å². The van der Waals surface area contributed by atoms with Crippen LogP contribution in [0.3, 0.4) is 0 Å². The van der Waals surface area contributed by atoms with Crippen molar-refractivity contribution in [3.63, 3.8) is 0 Å². The monoisotopic (exact) mass is 464 g/mol. The van der Waals surface area contributed by atoms with Gasteiger partial charge in [-0.2, -0.15) is 0 Å². The molecule has 0 saturated carbocycles. The van der Waals surface area contributed by atoms with Crippen LogP contribution in [-0.2, 0) is 26.1 Å². The van der Waals surface area contributed by atoms with E-state index in [4.69, 9.17) is 0 Å². The molecule has 1 N–H and O–H groups in total. The minimum atomic E-state index is -0.773. The first kappa shape index (κ1) is 23.0. The Balaban J connectivity index is 1.40. The molecule has 0 fully saturated rings. The molecule has 0 saturated heterocycles. The van der Waals surface area contributed by atoms with Crippen LogP contribution in [0, 0.1) is 26.0 Å². The summed E-state index contributed by atoms with van der Waals surface area (Å²) in [5.41, 5.74) is 2.91. The van der Waals surface area contributed by atoms with Crippen molar-refractivity contribution in [2.24, 2.45) is 0 Å². The van der Waals surface area contributed by atoms with Gasteiger partial charge in [0.2, 0.25) is 0 Å². The Labute approximate surface area is 194 Å². The van der Waals surface area contributed by atoms with Crippen LogP contribution >= 0.6 is 0 Å². The molecular weight excluding hydrogens is 443 g/mol. The lowest BCUT2D eigenvalue weighted by Crippen LogP contribution is -2.30. The Kier molecular flexibility index (Phi) is 6.60. The number of fused-ring (bicyclic) bond motifs is 1. The molecule has 1 amide bonds. The van der Waals surface area contributed by atoms with E-state index in [1.54, 1.807) is 6.07 Å². The third kappa shape index (κ3) is 5.41. The summed E-state index contributed by atoms with van der Waals surface area (Å²) >= 11 is 0. The summed E-state index contributed by atoms with van der Waals surface area (Å²) in [4.78, 5) is 35.3. The zero-order valence-electron chi connectivity index (χ0n) is 18.1. The van der Waals surface area contributed by atoms with E-state index in [0.717, 1.165) is 60.0 Å². The van der Waals surface area contributed by atoms with Gasteiger partial charge in [0.15, 0.2) is 0 Å². The molecule has 1 aliphatic heterocycles. The summed E-state index contributed by atoms with van der Waals surface area (Å²) in [6.07, 6.45) is 0.809. The summed E-state index contributed by atoms with van der Waals surface area (Å²) < 4.78 is 13.4. The van der Waals surface area contributed by atoms with Crippen LogP contribution < -0.4 is 5.32 Å². The van der Waals surface area contributed by atoms with Gasteiger partial charge in [0.05, 0.1) is 21.5 Å². The fraction of sp³-hybridized carbons (Fsp3) is 0.208. The van der Waals surface area contributed by atoms with Crippen molar-refractivity contribution in [1.29, 1.82) is 0 Å². The Morgan fingerprint density at radius 1 is 0.941 bits per heavy atom. The number of nitrogens with zero attached hydrogens (tertiary/aromatic N) is 3. The Bertz CT molecular complexity index is 1250. The lowest BCUT2D eigenvalue weighted by molar-refractivity contribution is -0.394. The first-order valence-corrected chi connectivity index (χ1v) is 10.6. The van der Waals surface area contributed by atoms with Gasteiger partial charge in [0.25, 0.3) is 17.3 Å². The molecule has 9 nitrogen and oxygen atoms in total. The van der Waals surface area contributed by atoms with E-state index in [9.17, 15) is 29.4 Å². The second kappa shape index (κ2) is 9.75. The molecule has 0 aliphatic carbocycles. The molecule has 34 heavy (non-hydrogen) atoms. The van der Waals surface area contributed by atoms with Crippen LogP contribution in [0.4, 0.5) is 15.8 Å². The van der Waals surface area contributed by atoms with E-state index in [1.165, 1.54) is 12.1 Å². The maximum Gasteiger partial charge on any atom is 0.277 e. The number of carbonyl (C=O) groups is 1. The van der Waals surface area contributed by atoms with Gasteiger partial charge in [-0.25, -0.2) is 4.39 Å². The van der Waals surface area contributed by atoms with Gasteiger partial charge in [-0.05, 0) is 40.8 Å². The van der Waals surface area contributed by atoms with Crippen LogP contribution in [0.5, 0.6) is 0 Å². The number of rotatable bonds is 7. The van der Waals surface area contributed by atoms with Crippen molar-refractivity contribution in [3.8, 4) is 0 Å². The molecule has 0 unspecified atom stereocenters. The SMILES string of the molecule is O=C(NCc1ccc2c(c1)CCN(Cc1cccc(F)c1)C2)c1cc([N+](=O)[O-])cc([N+](=O)[O-])c1. The summed E-state index contributed by atoms with van der Waals surface area (Å²) in [6.45, 7) is 2.38. The van der Waals surface area contributed by atoms with Gasteiger partial charge in [-0.3, -0.25) is 29.9 Å². The third-order valence-corrected chi connectivity index (χ3v) is 5.70. The molecule has 0 aromatic heterocycles. The summed E-state index contributed by atoms with van der Waals surface area (Å²) in [6, 6.07) is 15.3. The molecule has 1 heterocycles. The van der Waals surface area contributed by atoms with Crippen molar-refractivity contribution >= 4 is 17.3 Å². The summed E-state index contributed by atoms with van der Waals surface area (Å²) in [7, 11) is 0.